The van der Waals surface area contributed by atoms with Gasteiger partial charge in [-0.15, -0.1) is 5.10 Å². The molecule has 0 spiro atoms. The van der Waals surface area contributed by atoms with Crippen LogP contribution < -0.4 is 5.73 Å². The largest absolute Gasteiger partial charge is 0.368 e. The summed E-state index contributed by atoms with van der Waals surface area (Å²) >= 11 is 1.32. The normalized spacial score (nSPS) is 10.7. The van der Waals surface area contributed by atoms with Crippen LogP contribution >= 0.6 is 11.8 Å². The van der Waals surface area contributed by atoms with Gasteiger partial charge in [0, 0.05) is 18.1 Å². The smallest absolute Gasteiger partial charge is 0.284 e. The molecule has 0 fully saturated rings. The lowest BCUT2D eigenvalue weighted by atomic mass is 10.2. The van der Waals surface area contributed by atoms with Crippen molar-refractivity contribution in [2.24, 2.45) is 0 Å². The number of thioether (sulfide) groups is 1. The standard InChI is InChI=1S/C15H12FN5OS/c16-12-6-2-1-5-11(12)13(22)21-14(17)19-15(20-21)23-9-10-4-3-7-18-8-10/h1-8H,9H2,(H2,17,19,20). The third kappa shape index (κ3) is 3.37. The van der Waals surface area contributed by atoms with Crippen LogP contribution in [0, 0.1) is 5.82 Å². The molecule has 0 unspecified atom stereocenters. The Morgan fingerprint density at radius 1 is 1.26 bits per heavy atom. The molecule has 8 heteroatoms. The van der Waals surface area contributed by atoms with Crippen LogP contribution in [0.5, 0.6) is 0 Å². The molecule has 0 radical (unpaired) electrons. The van der Waals surface area contributed by atoms with E-state index in [0.717, 1.165) is 10.2 Å². The number of carbonyl (C=O) groups is 1. The summed E-state index contributed by atoms with van der Waals surface area (Å²) < 4.78 is 14.6. The van der Waals surface area contributed by atoms with Gasteiger partial charge in [0.25, 0.3) is 5.91 Å². The second kappa shape index (κ2) is 6.57. The number of pyridine rings is 1. The SMILES string of the molecule is Nc1nc(SCc2cccnc2)nn1C(=O)c1ccccc1F. The summed E-state index contributed by atoms with van der Waals surface area (Å²) in [5, 5.41) is 4.39. The van der Waals surface area contributed by atoms with Gasteiger partial charge in [-0.05, 0) is 23.8 Å². The first-order valence-electron chi connectivity index (χ1n) is 6.68. The molecule has 3 aromatic rings. The summed E-state index contributed by atoms with van der Waals surface area (Å²) in [7, 11) is 0. The third-order valence-electron chi connectivity index (χ3n) is 3.00. The monoisotopic (exact) mass is 329 g/mol. The second-order valence-corrected chi connectivity index (χ2v) is 5.54. The van der Waals surface area contributed by atoms with Crippen molar-refractivity contribution in [1.82, 2.24) is 19.7 Å². The van der Waals surface area contributed by atoms with Crippen LogP contribution in [0.15, 0.2) is 53.9 Å². The predicted molar refractivity (Wildman–Crippen MR) is 84.4 cm³/mol. The van der Waals surface area contributed by atoms with Crippen molar-refractivity contribution in [3.05, 3.63) is 65.7 Å². The summed E-state index contributed by atoms with van der Waals surface area (Å²) in [6.45, 7) is 0. The van der Waals surface area contributed by atoms with E-state index < -0.39 is 11.7 Å². The maximum Gasteiger partial charge on any atom is 0.284 e. The summed E-state index contributed by atoms with van der Waals surface area (Å²) in [5.74, 6) is -0.768. The lowest BCUT2D eigenvalue weighted by Crippen LogP contribution is -2.17. The van der Waals surface area contributed by atoms with E-state index in [-0.39, 0.29) is 11.5 Å². The maximum atomic E-state index is 13.7. The van der Waals surface area contributed by atoms with Crippen LogP contribution in [-0.4, -0.2) is 25.7 Å². The van der Waals surface area contributed by atoms with E-state index >= 15 is 0 Å². The highest BCUT2D eigenvalue weighted by molar-refractivity contribution is 7.98. The van der Waals surface area contributed by atoms with Crippen LogP contribution in [0.4, 0.5) is 10.3 Å². The molecule has 6 nitrogen and oxygen atoms in total. The molecule has 0 aliphatic carbocycles. The molecule has 0 saturated carbocycles. The number of anilines is 1. The summed E-state index contributed by atoms with van der Waals surface area (Å²) in [5.41, 5.74) is 6.61. The Hall–Kier alpha value is -2.74. The Morgan fingerprint density at radius 3 is 2.83 bits per heavy atom. The van der Waals surface area contributed by atoms with Crippen LogP contribution in [0.3, 0.4) is 0 Å². The van der Waals surface area contributed by atoms with Crippen molar-refractivity contribution in [2.45, 2.75) is 10.9 Å². The van der Waals surface area contributed by atoms with Crippen molar-refractivity contribution < 1.29 is 9.18 Å². The molecule has 23 heavy (non-hydrogen) atoms. The van der Waals surface area contributed by atoms with Gasteiger partial charge in [0.2, 0.25) is 11.1 Å². The Morgan fingerprint density at radius 2 is 2.09 bits per heavy atom. The zero-order chi connectivity index (χ0) is 16.2. The molecule has 116 valence electrons. The Kier molecular flexibility index (Phi) is 4.33. The van der Waals surface area contributed by atoms with Gasteiger partial charge in [-0.1, -0.05) is 30.0 Å². The van der Waals surface area contributed by atoms with Gasteiger partial charge >= 0.3 is 0 Å². The fraction of sp³-hybridized carbons (Fsp3) is 0.0667. The predicted octanol–water partition coefficient (Wildman–Crippen LogP) is 2.38. The number of hydrogen-bond donors (Lipinski definition) is 1. The molecule has 0 atom stereocenters. The van der Waals surface area contributed by atoms with E-state index in [0.29, 0.717) is 10.9 Å². The molecule has 0 bridgehead atoms. The Balaban J connectivity index is 1.78. The average Bonchev–Trinajstić information content (AvgIpc) is 2.95. The number of nitrogens with two attached hydrogens (primary N) is 1. The topological polar surface area (TPSA) is 86.7 Å². The summed E-state index contributed by atoms with van der Waals surface area (Å²) in [6.07, 6.45) is 3.42. The minimum atomic E-state index is -0.652. The Labute approximate surface area is 135 Å². The van der Waals surface area contributed by atoms with Crippen LogP contribution in [0.25, 0.3) is 0 Å². The molecule has 2 N–H and O–H groups in total. The second-order valence-electron chi connectivity index (χ2n) is 4.60. The highest BCUT2D eigenvalue weighted by atomic mass is 32.2. The van der Waals surface area contributed by atoms with E-state index in [1.54, 1.807) is 18.5 Å². The van der Waals surface area contributed by atoms with Crippen molar-refractivity contribution in [3.8, 4) is 0 Å². The van der Waals surface area contributed by atoms with Crippen LogP contribution in [-0.2, 0) is 5.75 Å². The fourth-order valence-electron chi connectivity index (χ4n) is 1.90. The average molecular weight is 329 g/mol. The molecule has 0 amide bonds. The number of nitrogen functional groups attached to an aromatic ring is 1. The summed E-state index contributed by atoms with van der Waals surface area (Å²) in [6, 6.07) is 9.41. The number of nitrogens with zero attached hydrogens (tertiary/aromatic N) is 4. The van der Waals surface area contributed by atoms with E-state index in [4.69, 9.17) is 5.73 Å². The third-order valence-corrected chi connectivity index (χ3v) is 3.91. The number of rotatable bonds is 4. The van der Waals surface area contributed by atoms with Gasteiger partial charge in [0.1, 0.15) is 5.82 Å². The van der Waals surface area contributed by atoms with Gasteiger partial charge in [0.05, 0.1) is 5.56 Å². The van der Waals surface area contributed by atoms with Crippen LogP contribution in [0.2, 0.25) is 0 Å². The van der Waals surface area contributed by atoms with Crippen LogP contribution in [0.1, 0.15) is 15.9 Å². The van der Waals surface area contributed by atoms with Crippen molar-refractivity contribution in [2.75, 3.05) is 5.73 Å². The lowest BCUT2D eigenvalue weighted by molar-refractivity contribution is 0.0942. The molecular formula is C15H12FN5OS. The number of halogens is 1. The number of carbonyl (C=O) groups excluding carboxylic acids is 1. The van der Waals surface area contributed by atoms with E-state index in [9.17, 15) is 9.18 Å². The number of hydrogen-bond acceptors (Lipinski definition) is 6. The van der Waals surface area contributed by atoms with Gasteiger partial charge < -0.3 is 5.73 Å². The first-order valence-corrected chi connectivity index (χ1v) is 7.67. The minimum Gasteiger partial charge on any atom is -0.368 e. The molecule has 2 heterocycles. The number of aromatic nitrogens is 4. The van der Waals surface area contributed by atoms with Gasteiger partial charge in [-0.25, -0.2) is 4.39 Å². The highest BCUT2D eigenvalue weighted by Gasteiger charge is 2.18. The zero-order valence-electron chi connectivity index (χ0n) is 11.9. The van der Waals surface area contributed by atoms with E-state index in [2.05, 4.69) is 15.1 Å². The van der Waals surface area contributed by atoms with E-state index in [1.165, 1.54) is 30.0 Å². The number of benzene rings is 1. The Bertz CT molecular complexity index is 837. The van der Waals surface area contributed by atoms with Gasteiger partial charge in [-0.2, -0.15) is 9.67 Å². The zero-order valence-corrected chi connectivity index (χ0v) is 12.7. The molecule has 1 aromatic carbocycles. The summed E-state index contributed by atoms with van der Waals surface area (Å²) in [4.78, 5) is 20.3. The molecule has 2 aromatic heterocycles. The van der Waals surface area contributed by atoms with Crippen molar-refractivity contribution in [3.63, 3.8) is 0 Å². The molecule has 0 aliphatic rings. The van der Waals surface area contributed by atoms with Crippen molar-refractivity contribution >= 4 is 23.6 Å². The molecule has 0 aliphatic heterocycles. The molecule has 0 saturated heterocycles. The molecular weight excluding hydrogens is 317 g/mol. The first kappa shape index (κ1) is 15.2. The minimum absolute atomic E-state index is 0.0769. The highest BCUT2D eigenvalue weighted by Crippen LogP contribution is 2.20. The fourth-order valence-corrected chi connectivity index (χ4v) is 2.66. The first-order chi connectivity index (χ1) is 11.1. The van der Waals surface area contributed by atoms with E-state index in [1.807, 2.05) is 12.1 Å². The van der Waals surface area contributed by atoms with Crippen molar-refractivity contribution in [1.29, 1.82) is 0 Å². The maximum absolute atomic E-state index is 13.7. The quantitative estimate of drug-likeness (QED) is 0.740. The molecule has 3 rings (SSSR count). The van der Waals surface area contributed by atoms with Gasteiger partial charge in [-0.3, -0.25) is 9.78 Å². The van der Waals surface area contributed by atoms with Gasteiger partial charge in [0.15, 0.2) is 0 Å². The lowest BCUT2D eigenvalue weighted by Gasteiger charge is -2.02.